The van der Waals surface area contributed by atoms with E-state index >= 15 is 0 Å². The Hall–Kier alpha value is -3.09. The maximum absolute atomic E-state index is 11.8. The van der Waals surface area contributed by atoms with Crippen molar-refractivity contribution >= 4 is 17.7 Å². The average molecular weight is 331 g/mol. The van der Waals surface area contributed by atoms with Gasteiger partial charge in [-0.15, -0.1) is 0 Å². The fourth-order valence-electron chi connectivity index (χ4n) is 1.83. The molecule has 0 aliphatic heterocycles. The number of furan rings is 1. The number of hydrogen-bond donors (Lipinski definition) is 1. The van der Waals surface area contributed by atoms with Crippen molar-refractivity contribution in [3.05, 3.63) is 53.5 Å². The Labute approximate surface area is 138 Å². The summed E-state index contributed by atoms with van der Waals surface area (Å²) >= 11 is 0. The highest BCUT2D eigenvalue weighted by molar-refractivity contribution is 5.94. The molecule has 0 aliphatic carbocycles. The van der Waals surface area contributed by atoms with E-state index < -0.39 is 11.9 Å². The molecule has 24 heavy (non-hydrogen) atoms. The van der Waals surface area contributed by atoms with Crippen LogP contribution in [0.5, 0.6) is 5.75 Å². The summed E-state index contributed by atoms with van der Waals surface area (Å²) in [6, 6.07) is 9.81. The van der Waals surface area contributed by atoms with E-state index in [1.807, 2.05) is 0 Å². The Morgan fingerprint density at radius 1 is 1.08 bits per heavy atom. The van der Waals surface area contributed by atoms with Gasteiger partial charge in [-0.25, -0.2) is 0 Å². The molecule has 0 atom stereocenters. The Bertz CT molecular complexity index is 732. The van der Waals surface area contributed by atoms with Gasteiger partial charge >= 0.3 is 5.97 Å². The van der Waals surface area contributed by atoms with Crippen molar-refractivity contribution in [3.63, 3.8) is 0 Å². The van der Waals surface area contributed by atoms with Crippen LogP contribution in [0.2, 0.25) is 0 Å². The van der Waals surface area contributed by atoms with Crippen molar-refractivity contribution in [1.29, 1.82) is 0 Å². The maximum atomic E-state index is 11.8. The highest BCUT2D eigenvalue weighted by atomic mass is 16.5. The molecule has 0 bridgehead atoms. The third kappa shape index (κ3) is 4.70. The maximum Gasteiger partial charge on any atom is 0.325 e. The summed E-state index contributed by atoms with van der Waals surface area (Å²) in [5, 5.41) is 2.37. The normalized spacial score (nSPS) is 10.1. The first kappa shape index (κ1) is 17.3. The number of ketones is 1. The number of carbonyl (C=O) groups excluding carboxylic acids is 3. The zero-order chi connectivity index (χ0) is 17.5. The summed E-state index contributed by atoms with van der Waals surface area (Å²) in [6.45, 7) is 1.39. The Morgan fingerprint density at radius 3 is 2.42 bits per heavy atom. The minimum Gasteiger partial charge on any atom is -0.486 e. The molecule has 0 aliphatic rings. The van der Waals surface area contributed by atoms with Crippen LogP contribution in [-0.2, 0) is 16.1 Å². The number of ether oxygens (including phenoxy) is 2. The number of amides is 1. The van der Waals surface area contributed by atoms with E-state index in [4.69, 9.17) is 9.15 Å². The summed E-state index contributed by atoms with van der Waals surface area (Å²) in [5.74, 6) is 0.0199. The molecule has 126 valence electrons. The molecule has 7 nitrogen and oxygen atoms in total. The molecule has 2 rings (SSSR count). The quantitative estimate of drug-likeness (QED) is 0.615. The van der Waals surface area contributed by atoms with Gasteiger partial charge in [-0.3, -0.25) is 14.4 Å². The average Bonchev–Trinajstić information content (AvgIpc) is 3.07. The number of methoxy groups -OCH3 is 1. The van der Waals surface area contributed by atoms with Gasteiger partial charge in [-0.05, 0) is 43.3 Å². The lowest BCUT2D eigenvalue weighted by Gasteiger charge is -2.05. The van der Waals surface area contributed by atoms with Gasteiger partial charge in [0.1, 0.15) is 24.7 Å². The Kier molecular flexibility index (Phi) is 5.73. The number of Topliss-reactive ketones (excluding diaryl/α,β-unsaturated/α-hetero) is 1. The SMILES string of the molecule is COC(=O)CNC(=O)c1ccc(COc2ccc(C(C)=O)cc2)o1. The second-order valence-corrected chi connectivity index (χ2v) is 4.89. The van der Waals surface area contributed by atoms with Gasteiger partial charge in [-0.1, -0.05) is 0 Å². The highest BCUT2D eigenvalue weighted by Crippen LogP contribution is 2.16. The zero-order valence-electron chi connectivity index (χ0n) is 13.3. The van der Waals surface area contributed by atoms with Crippen molar-refractivity contribution in [1.82, 2.24) is 5.32 Å². The predicted octanol–water partition coefficient (Wildman–Crippen LogP) is 1.96. The fourth-order valence-corrected chi connectivity index (χ4v) is 1.83. The van der Waals surface area contributed by atoms with Gasteiger partial charge in [0.05, 0.1) is 7.11 Å². The van der Waals surface area contributed by atoms with Crippen molar-refractivity contribution in [2.24, 2.45) is 0 Å². The molecule has 0 spiro atoms. The summed E-state index contributed by atoms with van der Waals surface area (Å²) in [4.78, 5) is 33.9. The second kappa shape index (κ2) is 7.96. The van der Waals surface area contributed by atoms with Gasteiger partial charge in [0.2, 0.25) is 0 Å². The van der Waals surface area contributed by atoms with Gasteiger partial charge < -0.3 is 19.2 Å². The molecule has 1 N–H and O–H groups in total. The van der Waals surface area contributed by atoms with Crippen molar-refractivity contribution in [2.75, 3.05) is 13.7 Å². The van der Waals surface area contributed by atoms with Gasteiger partial charge in [-0.2, -0.15) is 0 Å². The summed E-state index contributed by atoms with van der Waals surface area (Å²) in [6.07, 6.45) is 0. The fraction of sp³-hybridized carbons (Fsp3) is 0.235. The summed E-state index contributed by atoms with van der Waals surface area (Å²) < 4.78 is 15.3. The Morgan fingerprint density at radius 2 is 1.79 bits per heavy atom. The molecule has 0 radical (unpaired) electrons. The zero-order valence-corrected chi connectivity index (χ0v) is 13.3. The standard InChI is InChI=1S/C17H17NO6/c1-11(19)12-3-5-13(6-4-12)23-10-14-7-8-15(24-14)17(21)18-9-16(20)22-2/h3-8H,9-10H2,1-2H3,(H,18,21). The summed E-state index contributed by atoms with van der Waals surface area (Å²) in [5.41, 5.74) is 0.602. The van der Waals surface area contributed by atoms with Crippen molar-refractivity contribution in [3.8, 4) is 5.75 Å². The number of nitrogens with one attached hydrogen (secondary N) is 1. The second-order valence-electron chi connectivity index (χ2n) is 4.89. The molecule has 1 heterocycles. The van der Waals surface area contributed by atoms with Crippen LogP contribution in [-0.4, -0.2) is 31.3 Å². The minimum atomic E-state index is -0.549. The first-order valence-corrected chi connectivity index (χ1v) is 7.17. The predicted molar refractivity (Wildman–Crippen MR) is 83.8 cm³/mol. The Balaban J connectivity index is 1.88. The molecule has 0 fully saturated rings. The van der Waals surface area contributed by atoms with E-state index in [0.717, 1.165) is 0 Å². The largest absolute Gasteiger partial charge is 0.486 e. The van der Waals surface area contributed by atoms with E-state index in [9.17, 15) is 14.4 Å². The number of rotatable bonds is 7. The molecule has 1 aromatic heterocycles. The van der Waals surface area contributed by atoms with Crippen LogP contribution in [0.3, 0.4) is 0 Å². The number of benzene rings is 1. The third-order valence-electron chi connectivity index (χ3n) is 3.15. The van der Waals surface area contributed by atoms with Crippen LogP contribution in [0.25, 0.3) is 0 Å². The molecule has 2 aromatic rings. The number of esters is 1. The van der Waals surface area contributed by atoms with Crippen LogP contribution in [0.4, 0.5) is 0 Å². The van der Waals surface area contributed by atoms with E-state index in [1.165, 1.54) is 20.1 Å². The van der Waals surface area contributed by atoms with Gasteiger partial charge in [0.15, 0.2) is 11.5 Å². The van der Waals surface area contributed by atoms with Gasteiger partial charge in [0, 0.05) is 5.56 Å². The van der Waals surface area contributed by atoms with Crippen LogP contribution in [0, 0.1) is 0 Å². The number of hydrogen-bond acceptors (Lipinski definition) is 6. The highest BCUT2D eigenvalue weighted by Gasteiger charge is 2.13. The van der Waals surface area contributed by atoms with Crippen LogP contribution in [0.15, 0.2) is 40.8 Å². The molecule has 7 heteroatoms. The van der Waals surface area contributed by atoms with E-state index in [0.29, 0.717) is 17.1 Å². The first-order chi connectivity index (χ1) is 11.5. The van der Waals surface area contributed by atoms with Crippen LogP contribution < -0.4 is 10.1 Å². The van der Waals surface area contributed by atoms with Crippen molar-refractivity contribution < 1.29 is 28.3 Å². The van der Waals surface area contributed by atoms with E-state index in [2.05, 4.69) is 10.1 Å². The summed E-state index contributed by atoms with van der Waals surface area (Å²) in [7, 11) is 1.24. The number of carbonyl (C=O) groups is 3. The lowest BCUT2D eigenvalue weighted by molar-refractivity contribution is -0.139. The monoisotopic (exact) mass is 331 g/mol. The van der Waals surface area contributed by atoms with Gasteiger partial charge in [0.25, 0.3) is 5.91 Å². The molecule has 0 saturated heterocycles. The third-order valence-corrected chi connectivity index (χ3v) is 3.15. The molecule has 1 aromatic carbocycles. The van der Waals surface area contributed by atoms with Crippen LogP contribution >= 0.6 is 0 Å². The lowest BCUT2D eigenvalue weighted by atomic mass is 10.1. The topological polar surface area (TPSA) is 94.8 Å². The van der Waals surface area contributed by atoms with Crippen molar-refractivity contribution in [2.45, 2.75) is 13.5 Å². The lowest BCUT2D eigenvalue weighted by Crippen LogP contribution is -2.29. The van der Waals surface area contributed by atoms with E-state index in [-0.39, 0.29) is 24.7 Å². The van der Waals surface area contributed by atoms with E-state index in [1.54, 1.807) is 30.3 Å². The smallest absolute Gasteiger partial charge is 0.325 e. The molecule has 0 saturated carbocycles. The molecular formula is C17H17NO6. The van der Waals surface area contributed by atoms with Crippen LogP contribution in [0.1, 0.15) is 33.6 Å². The molecule has 0 unspecified atom stereocenters. The molecular weight excluding hydrogens is 314 g/mol. The molecule has 1 amide bonds. The first-order valence-electron chi connectivity index (χ1n) is 7.17. The minimum absolute atomic E-state index is 0.0183.